The van der Waals surface area contributed by atoms with Crippen molar-refractivity contribution in [2.75, 3.05) is 6.54 Å². The summed E-state index contributed by atoms with van der Waals surface area (Å²) in [5.74, 6) is -1.09. The highest BCUT2D eigenvalue weighted by molar-refractivity contribution is 6.12. The Bertz CT molecular complexity index is 1690. The zero-order chi connectivity index (χ0) is 24.6. The number of rotatable bonds is 4. The summed E-state index contributed by atoms with van der Waals surface area (Å²) in [7, 11) is 0. The maximum atomic E-state index is 14.6. The largest absolute Gasteiger partial charge is 0.400 e. The monoisotopic (exact) mass is 475 g/mol. The molecule has 0 saturated heterocycles. The molecule has 0 amide bonds. The number of hydrogen-bond acceptors (Lipinski definition) is 5. The lowest BCUT2D eigenvalue weighted by atomic mass is 9.97. The van der Waals surface area contributed by atoms with Crippen LogP contribution in [-0.2, 0) is 0 Å². The third-order valence-corrected chi connectivity index (χ3v) is 6.20. The number of fused-ring (bicyclic) bond motifs is 1. The fourth-order valence-electron chi connectivity index (χ4n) is 4.38. The van der Waals surface area contributed by atoms with E-state index in [-0.39, 0.29) is 5.56 Å². The van der Waals surface area contributed by atoms with Crippen molar-refractivity contribution in [1.29, 1.82) is 0 Å². The molecule has 0 radical (unpaired) electrons. The molecule has 3 aromatic heterocycles. The van der Waals surface area contributed by atoms with Crippen molar-refractivity contribution in [3.05, 3.63) is 108 Å². The summed E-state index contributed by atoms with van der Waals surface area (Å²) < 4.78 is 28.5. The number of allylic oxidation sites excluding steroid dienone is 1. The lowest BCUT2D eigenvalue weighted by Crippen LogP contribution is -2.00. The Balaban J connectivity index is 1.46. The SMILES string of the molecule is NC1=C(c2ccc(-c3cncc(-c4cc(-c5cc(F)ccc5F)nc5ncccc45)c3)cc2)C=NC1. The Labute approximate surface area is 205 Å². The van der Waals surface area contributed by atoms with Gasteiger partial charge in [0.1, 0.15) is 11.6 Å². The highest BCUT2D eigenvalue weighted by Gasteiger charge is 2.15. The second-order valence-corrected chi connectivity index (χ2v) is 8.50. The van der Waals surface area contributed by atoms with Crippen LogP contribution in [0.5, 0.6) is 0 Å². The molecule has 0 saturated carbocycles. The highest BCUT2D eigenvalue weighted by atomic mass is 19.1. The Morgan fingerprint density at radius 2 is 1.58 bits per heavy atom. The number of aliphatic imine (C=N–C) groups is 1. The molecule has 5 nitrogen and oxygen atoms in total. The molecule has 1 aliphatic heterocycles. The molecule has 4 heterocycles. The lowest BCUT2D eigenvalue weighted by molar-refractivity contribution is 0.602. The fourth-order valence-corrected chi connectivity index (χ4v) is 4.38. The standard InChI is InChI=1S/C29H19F2N5/c30-21-7-8-26(31)24(11-21)28-12-23(22-2-1-9-35-29(22)36-28)20-10-19(13-33-14-20)17-3-5-18(6-4-17)25-15-34-16-27(25)32/h1-15H,16,32H2. The van der Waals surface area contributed by atoms with Crippen LogP contribution in [0.1, 0.15) is 5.56 Å². The molecule has 0 fully saturated rings. The van der Waals surface area contributed by atoms with E-state index in [2.05, 4.69) is 19.9 Å². The maximum Gasteiger partial charge on any atom is 0.160 e. The fraction of sp³-hybridized carbons (Fsp3) is 0.0345. The van der Waals surface area contributed by atoms with E-state index in [1.54, 1.807) is 30.9 Å². The summed E-state index contributed by atoms with van der Waals surface area (Å²) in [6, 6.07) is 18.9. The van der Waals surface area contributed by atoms with Crippen LogP contribution in [-0.4, -0.2) is 27.7 Å². The molecule has 36 heavy (non-hydrogen) atoms. The molecule has 2 aromatic carbocycles. The number of benzene rings is 2. The summed E-state index contributed by atoms with van der Waals surface area (Å²) in [5.41, 5.74) is 13.1. The molecule has 174 valence electrons. The van der Waals surface area contributed by atoms with E-state index >= 15 is 0 Å². The number of nitrogens with zero attached hydrogens (tertiary/aromatic N) is 4. The molecule has 2 N–H and O–H groups in total. The van der Waals surface area contributed by atoms with E-state index in [0.717, 1.165) is 62.7 Å². The minimum absolute atomic E-state index is 0.0764. The predicted octanol–water partition coefficient (Wildman–Crippen LogP) is 6.06. The smallest absolute Gasteiger partial charge is 0.160 e. The van der Waals surface area contributed by atoms with Gasteiger partial charge in [-0.2, -0.15) is 0 Å². The van der Waals surface area contributed by atoms with Crippen LogP contribution in [0.4, 0.5) is 8.78 Å². The van der Waals surface area contributed by atoms with Gasteiger partial charge in [0.15, 0.2) is 5.65 Å². The van der Waals surface area contributed by atoms with Gasteiger partial charge < -0.3 is 5.73 Å². The number of halogens is 2. The van der Waals surface area contributed by atoms with Crippen LogP contribution < -0.4 is 5.73 Å². The topological polar surface area (TPSA) is 77.0 Å². The molecule has 6 rings (SSSR count). The third kappa shape index (κ3) is 3.90. The molecule has 0 atom stereocenters. The zero-order valence-electron chi connectivity index (χ0n) is 19.0. The molecule has 7 heteroatoms. The van der Waals surface area contributed by atoms with Crippen LogP contribution in [0, 0.1) is 11.6 Å². The minimum Gasteiger partial charge on any atom is -0.400 e. The van der Waals surface area contributed by atoms with E-state index in [4.69, 9.17) is 5.73 Å². The minimum atomic E-state index is -0.555. The van der Waals surface area contributed by atoms with Gasteiger partial charge in [0.2, 0.25) is 0 Å². The van der Waals surface area contributed by atoms with Gasteiger partial charge in [0, 0.05) is 58.2 Å². The molecule has 0 aliphatic carbocycles. The summed E-state index contributed by atoms with van der Waals surface area (Å²) in [5, 5.41) is 0.787. The molecule has 0 unspecified atom stereocenters. The average Bonchev–Trinajstić information content (AvgIpc) is 3.35. The molecular weight excluding hydrogens is 456 g/mol. The van der Waals surface area contributed by atoms with Crippen LogP contribution in [0.25, 0.3) is 50.1 Å². The summed E-state index contributed by atoms with van der Waals surface area (Å²) in [4.78, 5) is 17.6. The van der Waals surface area contributed by atoms with Gasteiger partial charge >= 0.3 is 0 Å². The van der Waals surface area contributed by atoms with Crippen molar-refractivity contribution in [1.82, 2.24) is 15.0 Å². The molecule has 5 aromatic rings. The Kier molecular flexibility index (Phi) is 5.30. The third-order valence-electron chi connectivity index (χ3n) is 6.20. The second kappa shape index (κ2) is 8.78. The van der Waals surface area contributed by atoms with Crippen molar-refractivity contribution < 1.29 is 8.78 Å². The first-order valence-corrected chi connectivity index (χ1v) is 11.3. The summed E-state index contributed by atoms with van der Waals surface area (Å²) in [6.45, 7) is 0.527. The number of pyridine rings is 3. The molecule has 1 aliphatic rings. The van der Waals surface area contributed by atoms with Crippen molar-refractivity contribution in [2.24, 2.45) is 10.7 Å². The van der Waals surface area contributed by atoms with Crippen molar-refractivity contribution >= 4 is 22.8 Å². The van der Waals surface area contributed by atoms with E-state index < -0.39 is 11.6 Å². The molecular formula is C29H19F2N5. The van der Waals surface area contributed by atoms with Crippen LogP contribution in [0.15, 0.2) is 96.0 Å². The van der Waals surface area contributed by atoms with E-state index in [1.165, 1.54) is 0 Å². The van der Waals surface area contributed by atoms with Gasteiger partial charge in [-0.25, -0.2) is 18.7 Å². The van der Waals surface area contributed by atoms with E-state index in [1.807, 2.05) is 42.5 Å². The average molecular weight is 476 g/mol. The van der Waals surface area contributed by atoms with Crippen molar-refractivity contribution in [3.8, 4) is 33.5 Å². The van der Waals surface area contributed by atoms with Crippen molar-refractivity contribution in [3.63, 3.8) is 0 Å². The normalized spacial score (nSPS) is 13.1. The predicted molar refractivity (Wildman–Crippen MR) is 138 cm³/mol. The van der Waals surface area contributed by atoms with Gasteiger partial charge in [0.25, 0.3) is 0 Å². The Morgan fingerprint density at radius 1 is 0.778 bits per heavy atom. The second-order valence-electron chi connectivity index (χ2n) is 8.50. The van der Waals surface area contributed by atoms with Gasteiger partial charge in [0.05, 0.1) is 12.2 Å². The Hall–Kier alpha value is -4.78. The first-order valence-electron chi connectivity index (χ1n) is 11.3. The Morgan fingerprint density at radius 3 is 2.39 bits per heavy atom. The first-order chi connectivity index (χ1) is 17.6. The number of aromatic nitrogens is 3. The molecule has 0 spiro atoms. The van der Waals surface area contributed by atoms with Crippen LogP contribution >= 0.6 is 0 Å². The summed E-state index contributed by atoms with van der Waals surface area (Å²) >= 11 is 0. The summed E-state index contributed by atoms with van der Waals surface area (Å²) in [6.07, 6.45) is 6.95. The highest BCUT2D eigenvalue weighted by Crippen LogP contribution is 2.34. The number of hydrogen-bond donors (Lipinski definition) is 1. The van der Waals surface area contributed by atoms with Gasteiger partial charge in [-0.1, -0.05) is 24.3 Å². The molecule has 0 bridgehead atoms. The van der Waals surface area contributed by atoms with Gasteiger partial charge in [-0.05, 0) is 59.2 Å². The van der Waals surface area contributed by atoms with Crippen LogP contribution in [0.3, 0.4) is 0 Å². The number of nitrogens with two attached hydrogens (primary N) is 1. The van der Waals surface area contributed by atoms with E-state index in [9.17, 15) is 8.78 Å². The quantitative estimate of drug-likeness (QED) is 0.343. The van der Waals surface area contributed by atoms with E-state index in [0.29, 0.717) is 17.9 Å². The first kappa shape index (κ1) is 21.7. The van der Waals surface area contributed by atoms with Gasteiger partial charge in [-0.3, -0.25) is 9.98 Å². The zero-order valence-corrected chi connectivity index (χ0v) is 19.0. The van der Waals surface area contributed by atoms with Crippen LogP contribution in [0.2, 0.25) is 0 Å². The van der Waals surface area contributed by atoms with Gasteiger partial charge in [-0.15, -0.1) is 0 Å². The maximum absolute atomic E-state index is 14.6. The lowest BCUT2D eigenvalue weighted by Gasteiger charge is -2.12. The van der Waals surface area contributed by atoms with Crippen molar-refractivity contribution in [2.45, 2.75) is 0 Å².